The molecule has 0 unspecified atom stereocenters. The van der Waals surface area contributed by atoms with Crippen molar-refractivity contribution in [1.82, 2.24) is 14.8 Å². The van der Waals surface area contributed by atoms with E-state index in [-0.39, 0.29) is 23.7 Å². The zero-order valence-corrected chi connectivity index (χ0v) is 18.9. The molecule has 7 heteroatoms. The lowest BCUT2D eigenvalue weighted by Crippen LogP contribution is -2.58. The molecule has 170 valence electrons. The van der Waals surface area contributed by atoms with Crippen LogP contribution in [0.15, 0.2) is 66.5 Å². The number of benzene rings is 2. The number of hydrogen-bond donors (Lipinski definition) is 3. The summed E-state index contributed by atoms with van der Waals surface area (Å²) < 4.78 is 0. The number of aromatic nitrogens is 1. The number of anilines is 1. The van der Waals surface area contributed by atoms with E-state index in [4.69, 9.17) is 0 Å². The van der Waals surface area contributed by atoms with Crippen LogP contribution in [-0.2, 0) is 20.6 Å². The molecule has 1 aromatic heterocycles. The second kappa shape index (κ2) is 6.18. The molecular formula is C27H24N4O3. The van der Waals surface area contributed by atoms with Crippen molar-refractivity contribution in [3.63, 3.8) is 0 Å². The Balaban J connectivity index is 1.42. The van der Waals surface area contributed by atoms with Crippen molar-refractivity contribution in [2.45, 2.75) is 43.5 Å². The molecule has 2 aromatic carbocycles. The van der Waals surface area contributed by atoms with Gasteiger partial charge in [-0.1, -0.05) is 56.3 Å². The maximum atomic E-state index is 14.0. The predicted octanol–water partition coefficient (Wildman–Crippen LogP) is 3.40. The van der Waals surface area contributed by atoms with Gasteiger partial charge in [0, 0.05) is 51.4 Å². The van der Waals surface area contributed by atoms with Crippen molar-refractivity contribution in [1.29, 1.82) is 0 Å². The molecule has 3 N–H and O–H groups in total. The molecule has 7 nitrogen and oxygen atoms in total. The number of fused-ring (bicyclic) bond motifs is 9. The molecule has 2 fully saturated rings. The number of hydrogen-bond acceptors (Lipinski definition) is 4. The summed E-state index contributed by atoms with van der Waals surface area (Å²) in [6, 6.07) is 14.7. The van der Waals surface area contributed by atoms with Gasteiger partial charge in [-0.05, 0) is 18.2 Å². The number of nitrogens with one attached hydrogen (secondary N) is 2. The van der Waals surface area contributed by atoms with E-state index >= 15 is 0 Å². The molecule has 0 radical (unpaired) electrons. The lowest BCUT2D eigenvalue weighted by Gasteiger charge is -2.40. The second-order valence-electron chi connectivity index (χ2n) is 10.2. The van der Waals surface area contributed by atoms with E-state index in [0.717, 1.165) is 33.4 Å². The molecular weight excluding hydrogens is 428 g/mol. The normalized spacial score (nSPS) is 30.9. The highest BCUT2D eigenvalue weighted by molar-refractivity contribution is 6.10. The van der Waals surface area contributed by atoms with E-state index in [0.29, 0.717) is 5.70 Å². The second-order valence-corrected chi connectivity index (χ2v) is 10.2. The first-order valence-electron chi connectivity index (χ1n) is 11.6. The molecule has 0 aliphatic carbocycles. The third-order valence-corrected chi connectivity index (χ3v) is 7.80. The van der Waals surface area contributed by atoms with Gasteiger partial charge in [0.15, 0.2) is 0 Å². The minimum absolute atomic E-state index is 0.158. The van der Waals surface area contributed by atoms with Gasteiger partial charge in [0.1, 0.15) is 23.5 Å². The molecule has 0 bridgehead atoms. The van der Waals surface area contributed by atoms with Gasteiger partial charge in [-0.25, -0.2) is 0 Å². The minimum atomic E-state index is -1.32. The van der Waals surface area contributed by atoms with Gasteiger partial charge < -0.3 is 20.3 Å². The number of aromatic amines is 1. The first kappa shape index (κ1) is 19.6. The summed E-state index contributed by atoms with van der Waals surface area (Å²) in [6.07, 6.45) is 4.98. The molecule has 0 spiro atoms. The largest absolute Gasteiger partial charge is 0.381 e. The van der Waals surface area contributed by atoms with Crippen molar-refractivity contribution in [2.24, 2.45) is 0 Å². The third kappa shape index (κ3) is 2.29. The van der Waals surface area contributed by atoms with Crippen LogP contribution in [0.2, 0.25) is 0 Å². The number of aliphatic hydroxyl groups is 1. The van der Waals surface area contributed by atoms with E-state index in [1.54, 1.807) is 11.1 Å². The Labute approximate surface area is 196 Å². The van der Waals surface area contributed by atoms with Gasteiger partial charge >= 0.3 is 0 Å². The zero-order chi connectivity index (χ0) is 23.4. The van der Waals surface area contributed by atoms with E-state index in [2.05, 4.69) is 24.1 Å². The number of H-pyrrole nitrogens is 1. The van der Waals surface area contributed by atoms with Gasteiger partial charge in [-0.2, -0.15) is 0 Å². The number of para-hydroxylation sites is 2. The molecule has 34 heavy (non-hydrogen) atoms. The quantitative estimate of drug-likeness (QED) is 0.488. The van der Waals surface area contributed by atoms with Gasteiger partial charge in [0.25, 0.3) is 11.8 Å². The van der Waals surface area contributed by atoms with Crippen molar-refractivity contribution < 1.29 is 14.7 Å². The van der Waals surface area contributed by atoms with Gasteiger partial charge in [-0.3, -0.25) is 14.5 Å². The molecule has 2 saturated heterocycles. The van der Waals surface area contributed by atoms with Crippen LogP contribution in [0.5, 0.6) is 0 Å². The molecule has 0 saturated carbocycles. The Morgan fingerprint density at radius 1 is 1.06 bits per heavy atom. The number of carbonyl (C=O) groups excluding carboxylic acids is 2. The third-order valence-electron chi connectivity index (χ3n) is 7.80. The zero-order valence-electron chi connectivity index (χ0n) is 18.9. The summed E-state index contributed by atoms with van der Waals surface area (Å²) in [5, 5.41) is 16.0. The number of piperazine rings is 1. The van der Waals surface area contributed by atoms with E-state index in [1.165, 1.54) is 4.90 Å². The molecule has 5 heterocycles. The average Bonchev–Trinajstić information content (AvgIpc) is 3.42. The number of nitrogens with zero attached hydrogens (tertiary/aromatic N) is 2. The molecule has 7 rings (SSSR count). The number of rotatable bonds is 0. The van der Waals surface area contributed by atoms with E-state index in [1.807, 2.05) is 60.7 Å². The lowest BCUT2D eigenvalue weighted by atomic mass is 9.85. The summed E-state index contributed by atoms with van der Waals surface area (Å²) >= 11 is 0. The van der Waals surface area contributed by atoms with Crippen LogP contribution in [0.25, 0.3) is 17.0 Å². The minimum Gasteiger partial charge on any atom is -0.381 e. The molecule has 3 aromatic rings. The highest BCUT2D eigenvalue weighted by Crippen LogP contribution is 2.51. The number of amides is 2. The standard InChI is InChI=1S/C27H24N4O3/c1-26(2)11-12-30-20(13-16-15-7-3-5-9-18(15)28-22(16)26)24(33)31-21(23(30)32)14-27(34)17-8-4-6-10-19(17)29-25(27)31/h3-13,21,25,28-29,34H,14H2,1-2H3/b12-11-,20-13-/t21-,25+,27-/m0/s1. The smallest absolute Gasteiger partial charge is 0.273 e. The maximum Gasteiger partial charge on any atom is 0.273 e. The Morgan fingerprint density at radius 3 is 2.68 bits per heavy atom. The van der Waals surface area contributed by atoms with E-state index < -0.39 is 17.8 Å². The van der Waals surface area contributed by atoms with Gasteiger partial charge in [0.05, 0.1) is 0 Å². The van der Waals surface area contributed by atoms with Crippen LogP contribution in [-0.4, -0.2) is 43.9 Å². The van der Waals surface area contributed by atoms with Gasteiger partial charge in [0.2, 0.25) is 0 Å². The Kier molecular flexibility index (Phi) is 3.57. The first-order valence-corrected chi connectivity index (χ1v) is 11.6. The van der Waals surface area contributed by atoms with Crippen LogP contribution in [0.1, 0.15) is 37.1 Å². The van der Waals surface area contributed by atoms with Crippen LogP contribution in [0.4, 0.5) is 5.69 Å². The summed E-state index contributed by atoms with van der Waals surface area (Å²) in [7, 11) is 0. The average molecular weight is 453 g/mol. The highest BCUT2D eigenvalue weighted by atomic mass is 16.3. The SMILES string of the molecule is CC1(C)/C=C\N2C(=O)[C@@H]3C[C@]4(O)c5ccccc5N[C@@H]4N3C(=O)/C2=C/c2c1[nH]c1ccccc21. The van der Waals surface area contributed by atoms with E-state index in [9.17, 15) is 14.7 Å². The Bertz CT molecular complexity index is 1480. The fourth-order valence-corrected chi connectivity index (χ4v) is 6.06. The summed E-state index contributed by atoms with van der Waals surface area (Å²) in [5.74, 6) is -0.477. The Morgan fingerprint density at radius 2 is 1.82 bits per heavy atom. The molecule has 3 atom stereocenters. The topological polar surface area (TPSA) is 88.7 Å². The first-order chi connectivity index (χ1) is 16.3. The van der Waals surface area contributed by atoms with Crippen LogP contribution in [0, 0.1) is 0 Å². The summed E-state index contributed by atoms with van der Waals surface area (Å²) in [6.45, 7) is 4.17. The predicted molar refractivity (Wildman–Crippen MR) is 128 cm³/mol. The highest BCUT2D eigenvalue weighted by Gasteiger charge is 2.63. The fraction of sp³-hybridized carbons (Fsp3) is 0.259. The number of carbonyl (C=O) groups is 2. The Hall–Kier alpha value is -3.84. The summed E-state index contributed by atoms with van der Waals surface area (Å²) in [5.41, 5.74) is 2.99. The maximum absolute atomic E-state index is 14.0. The molecule has 2 amide bonds. The van der Waals surface area contributed by atoms with Crippen molar-refractivity contribution in [3.05, 3.63) is 83.3 Å². The number of allylic oxidation sites excluding steroid dienone is 1. The summed E-state index contributed by atoms with van der Waals surface area (Å²) in [4.78, 5) is 34.3. The van der Waals surface area contributed by atoms with Crippen LogP contribution in [0.3, 0.4) is 0 Å². The monoisotopic (exact) mass is 452 g/mol. The van der Waals surface area contributed by atoms with Crippen LogP contribution >= 0.6 is 0 Å². The molecule has 4 aliphatic heterocycles. The molecule has 4 aliphatic rings. The van der Waals surface area contributed by atoms with Crippen LogP contribution < -0.4 is 5.32 Å². The lowest BCUT2D eigenvalue weighted by molar-refractivity contribution is -0.148. The van der Waals surface area contributed by atoms with Crippen molar-refractivity contribution in [2.75, 3.05) is 5.32 Å². The van der Waals surface area contributed by atoms with Crippen molar-refractivity contribution in [3.8, 4) is 0 Å². The van der Waals surface area contributed by atoms with Gasteiger partial charge in [-0.15, -0.1) is 0 Å². The fourth-order valence-electron chi connectivity index (χ4n) is 6.06. The van der Waals surface area contributed by atoms with Crippen molar-refractivity contribution >= 4 is 34.5 Å².